The first kappa shape index (κ1) is 19.0. The van der Waals surface area contributed by atoms with E-state index >= 15 is 0 Å². The van der Waals surface area contributed by atoms with Crippen molar-refractivity contribution in [2.24, 2.45) is 0 Å². The second-order valence-electron chi connectivity index (χ2n) is 7.03. The van der Waals surface area contributed by atoms with Gasteiger partial charge in [0.25, 0.3) is 5.91 Å². The molecule has 152 valence electrons. The van der Waals surface area contributed by atoms with Crippen molar-refractivity contribution in [1.29, 1.82) is 0 Å². The van der Waals surface area contributed by atoms with Gasteiger partial charge in [0.05, 0.1) is 20.1 Å². The fourth-order valence-electron chi connectivity index (χ4n) is 3.57. The van der Waals surface area contributed by atoms with Gasteiger partial charge in [-0.25, -0.2) is 0 Å². The van der Waals surface area contributed by atoms with E-state index in [4.69, 9.17) is 18.4 Å². The first-order chi connectivity index (χ1) is 14.1. The molecule has 1 saturated heterocycles. The highest BCUT2D eigenvalue weighted by Gasteiger charge is 2.30. The van der Waals surface area contributed by atoms with Crippen molar-refractivity contribution in [3.05, 3.63) is 47.5 Å². The molecule has 0 bridgehead atoms. The van der Waals surface area contributed by atoms with Gasteiger partial charge < -0.3 is 23.3 Å². The Hall–Kier alpha value is -3.29. The lowest BCUT2D eigenvalue weighted by molar-refractivity contribution is 0.0695. The lowest BCUT2D eigenvalue weighted by Gasteiger charge is -2.31. The Kier molecular flexibility index (Phi) is 5.24. The number of amides is 1. The van der Waals surface area contributed by atoms with Crippen LogP contribution in [0.25, 0.3) is 11.6 Å². The molecule has 0 spiro atoms. The Morgan fingerprint density at radius 1 is 1.17 bits per heavy atom. The Morgan fingerprint density at radius 2 is 2.00 bits per heavy atom. The molecule has 0 saturated carbocycles. The molecular formula is C21H23N3O5. The SMILES string of the molecule is COc1ccc(C(=O)N2CCC[C@@H](c3nc(-c4ccc(C)o4)no3)C2)cc1OC. The maximum atomic E-state index is 13.0. The fraction of sp³-hybridized carbons (Fsp3) is 0.381. The molecule has 0 radical (unpaired) electrons. The molecule has 8 nitrogen and oxygen atoms in total. The van der Waals surface area contributed by atoms with E-state index in [1.165, 1.54) is 0 Å². The van der Waals surface area contributed by atoms with E-state index in [0.717, 1.165) is 18.6 Å². The molecule has 1 atom stereocenters. The number of hydrogen-bond acceptors (Lipinski definition) is 7. The first-order valence-electron chi connectivity index (χ1n) is 9.50. The van der Waals surface area contributed by atoms with Crippen LogP contribution in [0.5, 0.6) is 11.5 Å². The number of hydrogen-bond donors (Lipinski definition) is 0. The number of furan rings is 1. The largest absolute Gasteiger partial charge is 0.493 e. The molecule has 1 aromatic carbocycles. The van der Waals surface area contributed by atoms with Crippen LogP contribution in [0.4, 0.5) is 0 Å². The lowest BCUT2D eigenvalue weighted by Crippen LogP contribution is -2.39. The molecular weight excluding hydrogens is 374 g/mol. The maximum absolute atomic E-state index is 13.0. The van der Waals surface area contributed by atoms with Crippen molar-refractivity contribution in [1.82, 2.24) is 15.0 Å². The Bertz CT molecular complexity index is 1010. The van der Waals surface area contributed by atoms with E-state index in [0.29, 0.717) is 47.6 Å². The predicted octanol–water partition coefficient (Wildman–Crippen LogP) is 3.68. The number of aryl methyl sites for hydroxylation is 1. The summed E-state index contributed by atoms with van der Waals surface area (Å²) in [6.45, 7) is 3.07. The highest BCUT2D eigenvalue weighted by atomic mass is 16.5. The molecule has 29 heavy (non-hydrogen) atoms. The number of methoxy groups -OCH3 is 2. The van der Waals surface area contributed by atoms with Gasteiger partial charge in [0.2, 0.25) is 11.7 Å². The van der Waals surface area contributed by atoms with Crippen LogP contribution in [0.2, 0.25) is 0 Å². The number of aromatic nitrogens is 2. The summed E-state index contributed by atoms with van der Waals surface area (Å²) in [5.41, 5.74) is 0.556. The van der Waals surface area contributed by atoms with E-state index in [1.807, 2.05) is 24.0 Å². The van der Waals surface area contributed by atoms with Crippen LogP contribution in [0, 0.1) is 6.92 Å². The molecule has 3 aromatic rings. The predicted molar refractivity (Wildman–Crippen MR) is 104 cm³/mol. The van der Waals surface area contributed by atoms with E-state index in [2.05, 4.69) is 10.1 Å². The summed E-state index contributed by atoms with van der Waals surface area (Å²) >= 11 is 0. The van der Waals surface area contributed by atoms with Crippen LogP contribution in [0.3, 0.4) is 0 Å². The highest BCUT2D eigenvalue weighted by Crippen LogP contribution is 2.31. The Balaban J connectivity index is 1.50. The minimum Gasteiger partial charge on any atom is -0.493 e. The molecule has 3 heterocycles. The summed E-state index contributed by atoms with van der Waals surface area (Å²) in [4.78, 5) is 19.3. The molecule has 2 aromatic heterocycles. The summed E-state index contributed by atoms with van der Waals surface area (Å²) in [7, 11) is 3.12. The summed E-state index contributed by atoms with van der Waals surface area (Å²) in [5, 5.41) is 4.03. The monoisotopic (exact) mass is 397 g/mol. The van der Waals surface area contributed by atoms with Gasteiger partial charge >= 0.3 is 0 Å². The van der Waals surface area contributed by atoms with Gasteiger partial charge in [0.1, 0.15) is 5.76 Å². The quantitative estimate of drug-likeness (QED) is 0.649. The zero-order valence-corrected chi connectivity index (χ0v) is 16.7. The molecule has 8 heteroatoms. The number of nitrogens with zero attached hydrogens (tertiary/aromatic N) is 3. The number of piperidine rings is 1. The second kappa shape index (κ2) is 7.98. The van der Waals surface area contributed by atoms with Crippen LogP contribution in [-0.2, 0) is 0 Å². The second-order valence-corrected chi connectivity index (χ2v) is 7.03. The van der Waals surface area contributed by atoms with Gasteiger partial charge in [-0.15, -0.1) is 0 Å². The minimum atomic E-state index is -0.0583. The van der Waals surface area contributed by atoms with Crippen LogP contribution in [-0.4, -0.2) is 48.3 Å². The van der Waals surface area contributed by atoms with Crippen LogP contribution >= 0.6 is 0 Å². The van der Waals surface area contributed by atoms with Crippen LogP contribution < -0.4 is 9.47 Å². The summed E-state index contributed by atoms with van der Waals surface area (Å²) in [6, 6.07) is 8.86. The Morgan fingerprint density at radius 3 is 2.72 bits per heavy atom. The van der Waals surface area contributed by atoms with E-state index in [-0.39, 0.29) is 11.8 Å². The zero-order chi connectivity index (χ0) is 20.4. The van der Waals surface area contributed by atoms with Gasteiger partial charge in [-0.2, -0.15) is 4.98 Å². The molecule has 4 rings (SSSR count). The Labute approximate surface area is 168 Å². The summed E-state index contributed by atoms with van der Waals surface area (Å²) < 4.78 is 21.6. The summed E-state index contributed by atoms with van der Waals surface area (Å²) in [5.74, 6) is 3.37. The third-order valence-corrected chi connectivity index (χ3v) is 5.09. The molecule has 0 aliphatic carbocycles. The fourth-order valence-corrected chi connectivity index (χ4v) is 3.57. The number of carbonyl (C=O) groups excluding carboxylic acids is 1. The van der Waals surface area contributed by atoms with Crippen LogP contribution in [0.15, 0.2) is 39.3 Å². The average Bonchev–Trinajstić information content (AvgIpc) is 3.42. The van der Waals surface area contributed by atoms with Gasteiger partial charge in [-0.1, -0.05) is 5.16 Å². The first-order valence-corrected chi connectivity index (χ1v) is 9.50. The number of ether oxygens (including phenoxy) is 2. The number of benzene rings is 1. The van der Waals surface area contributed by atoms with Gasteiger partial charge in [0, 0.05) is 18.7 Å². The number of carbonyl (C=O) groups is 1. The molecule has 1 aliphatic heterocycles. The number of likely N-dealkylation sites (tertiary alicyclic amines) is 1. The van der Waals surface area contributed by atoms with E-state index in [1.54, 1.807) is 32.4 Å². The zero-order valence-electron chi connectivity index (χ0n) is 16.7. The van der Waals surface area contributed by atoms with Gasteiger partial charge in [-0.3, -0.25) is 4.79 Å². The smallest absolute Gasteiger partial charge is 0.254 e. The van der Waals surface area contributed by atoms with Crippen LogP contribution in [0.1, 0.15) is 40.8 Å². The third-order valence-electron chi connectivity index (χ3n) is 5.09. The van der Waals surface area contributed by atoms with E-state index < -0.39 is 0 Å². The molecule has 1 fully saturated rings. The van der Waals surface area contributed by atoms with Gasteiger partial charge in [0.15, 0.2) is 17.3 Å². The molecule has 0 N–H and O–H groups in total. The molecule has 1 amide bonds. The van der Waals surface area contributed by atoms with Crippen molar-refractivity contribution >= 4 is 5.91 Å². The lowest BCUT2D eigenvalue weighted by atomic mass is 9.97. The number of rotatable bonds is 5. The summed E-state index contributed by atoms with van der Waals surface area (Å²) in [6.07, 6.45) is 1.75. The molecule has 1 aliphatic rings. The van der Waals surface area contributed by atoms with Crippen molar-refractivity contribution in [3.8, 4) is 23.1 Å². The average molecular weight is 397 g/mol. The minimum absolute atomic E-state index is 0.00912. The standard InChI is InChI=1S/C21H23N3O5/c1-13-6-8-17(28-13)19-22-20(29-23-19)15-5-4-10-24(12-15)21(25)14-7-9-16(26-2)18(11-14)27-3/h6-9,11,15H,4-5,10,12H2,1-3H3/t15-/m1/s1. The molecule has 0 unspecified atom stereocenters. The topological polar surface area (TPSA) is 90.8 Å². The highest BCUT2D eigenvalue weighted by molar-refractivity contribution is 5.95. The van der Waals surface area contributed by atoms with E-state index in [9.17, 15) is 4.79 Å². The van der Waals surface area contributed by atoms with Crippen molar-refractivity contribution in [2.45, 2.75) is 25.7 Å². The maximum Gasteiger partial charge on any atom is 0.254 e. The van der Waals surface area contributed by atoms with Crippen molar-refractivity contribution in [3.63, 3.8) is 0 Å². The third kappa shape index (κ3) is 3.83. The normalized spacial score (nSPS) is 16.7. The van der Waals surface area contributed by atoms with Crippen molar-refractivity contribution < 1.29 is 23.2 Å². The van der Waals surface area contributed by atoms with Crippen molar-refractivity contribution in [2.75, 3.05) is 27.3 Å². The van der Waals surface area contributed by atoms with Gasteiger partial charge in [-0.05, 0) is 50.1 Å².